The van der Waals surface area contributed by atoms with Gasteiger partial charge in [0, 0.05) is 10.6 Å². The van der Waals surface area contributed by atoms with Crippen molar-refractivity contribution >= 4 is 18.3 Å². The van der Waals surface area contributed by atoms with E-state index < -0.39 is 0 Å². The van der Waals surface area contributed by atoms with Crippen molar-refractivity contribution in [1.82, 2.24) is 0 Å². The van der Waals surface area contributed by atoms with Gasteiger partial charge in [0.25, 0.3) is 0 Å². The predicted molar refractivity (Wildman–Crippen MR) is 109 cm³/mol. The number of aryl methyl sites for hydroxylation is 4. The molecule has 3 aromatic carbocycles. The van der Waals surface area contributed by atoms with E-state index in [1.807, 2.05) is 36.4 Å². The minimum atomic E-state index is 0.799. The summed E-state index contributed by atoms with van der Waals surface area (Å²) in [5, 5.41) is 0. The molecule has 0 unspecified atom stereocenters. The first-order chi connectivity index (χ1) is 11.4. The fourth-order valence-electron chi connectivity index (χ4n) is 2.58. The lowest BCUT2D eigenvalue weighted by atomic mass is 10.00. The number of hydrogen-bond acceptors (Lipinski definition) is 2. The Bertz CT molecular complexity index is 837. The van der Waals surface area contributed by atoms with Gasteiger partial charge in [0.05, 0.1) is 0 Å². The zero-order chi connectivity index (χ0) is 17.7. The monoisotopic (exact) mass is 335 g/mol. The van der Waals surface area contributed by atoms with Crippen LogP contribution in [0.4, 0.5) is 5.69 Å². The molecule has 0 atom stereocenters. The fraction of sp³-hybridized carbons (Fsp3) is 0.182. The van der Waals surface area contributed by atoms with Crippen LogP contribution in [-0.4, -0.2) is 0 Å². The highest BCUT2D eigenvalue weighted by Crippen LogP contribution is 2.29. The number of nitrogens with two attached hydrogens (primary N) is 1. The minimum Gasteiger partial charge on any atom is -0.399 e. The molecule has 24 heavy (non-hydrogen) atoms. The van der Waals surface area contributed by atoms with Gasteiger partial charge < -0.3 is 5.73 Å². The van der Waals surface area contributed by atoms with E-state index in [2.05, 4.69) is 64.6 Å². The zero-order valence-corrected chi connectivity index (χ0v) is 15.7. The average Bonchev–Trinajstić information content (AvgIpc) is 2.53. The third-order valence-corrected chi connectivity index (χ3v) is 4.50. The molecule has 0 radical (unpaired) electrons. The van der Waals surface area contributed by atoms with Crippen molar-refractivity contribution in [1.29, 1.82) is 0 Å². The second-order valence-corrected chi connectivity index (χ2v) is 6.66. The van der Waals surface area contributed by atoms with Crippen LogP contribution in [-0.2, 0) is 0 Å². The first-order valence-corrected chi connectivity index (χ1v) is 8.51. The second kappa shape index (κ2) is 8.07. The Kier molecular flexibility index (Phi) is 6.10. The Labute approximate surface area is 151 Å². The number of rotatable bonds is 1. The molecule has 3 rings (SSSR count). The van der Waals surface area contributed by atoms with Crippen LogP contribution in [0, 0.1) is 27.7 Å². The van der Waals surface area contributed by atoms with Crippen LogP contribution in [0.25, 0.3) is 11.1 Å². The summed E-state index contributed by atoms with van der Waals surface area (Å²) >= 11 is 4.45. The molecule has 0 aromatic heterocycles. The lowest BCUT2D eigenvalue weighted by molar-refractivity contribution is 1.30. The molecule has 124 valence electrons. The van der Waals surface area contributed by atoms with Gasteiger partial charge >= 0.3 is 0 Å². The van der Waals surface area contributed by atoms with E-state index in [1.54, 1.807) is 0 Å². The standard InChI is InChI=1S/C13H13NS.C9H12/c1-9-8-10(14)6-7-11(9)12-4-2-3-5-13(12)15;1-7-4-5-8(2)9(3)6-7/h2-8,15H,14H2,1H3;4-6H,1-3H3. The van der Waals surface area contributed by atoms with E-state index in [0.29, 0.717) is 0 Å². The normalized spacial score (nSPS) is 10.0. The van der Waals surface area contributed by atoms with Gasteiger partial charge in [-0.3, -0.25) is 0 Å². The lowest BCUT2D eigenvalue weighted by Crippen LogP contribution is -1.89. The summed E-state index contributed by atoms with van der Waals surface area (Å²) in [6, 6.07) is 20.5. The first kappa shape index (κ1) is 18.2. The Hall–Kier alpha value is -2.19. The summed E-state index contributed by atoms with van der Waals surface area (Å²) in [7, 11) is 0. The second-order valence-electron chi connectivity index (χ2n) is 6.18. The molecule has 0 aliphatic carbocycles. The molecule has 0 amide bonds. The van der Waals surface area contributed by atoms with Crippen LogP contribution in [0.3, 0.4) is 0 Å². The number of hydrogen-bond donors (Lipinski definition) is 2. The Morgan fingerprint density at radius 1 is 0.667 bits per heavy atom. The molecule has 0 aliphatic heterocycles. The maximum atomic E-state index is 5.72. The van der Waals surface area contributed by atoms with E-state index >= 15 is 0 Å². The van der Waals surface area contributed by atoms with Crippen LogP contribution in [0.15, 0.2) is 65.6 Å². The molecule has 0 aliphatic rings. The summed E-state index contributed by atoms with van der Waals surface area (Å²) in [5.41, 5.74) is 14.1. The maximum Gasteiger partial charge on any atom is 0.0317 e. The molecule has 0 saturated carbocycles. The van der Waals surface area contributed by atoms with E-state index in [9.17, 15) is 0 Å². The van der Waals surface area contributed by atoms with Crippen molar-refractivity contribution in [2.24, 2.45) is 0 Å². The molecule has 0 saturated heterocycles. The fourth-order valence-corrected chi connectivity index (χ4v) is 2.86. The van der Waals surface area contributed by atoms with Crippen LogP contribution in [0.2, 0.25) is 0 Å². The highest BCUT2D eigenvalue weighted by Gasteiger charge is 2.04. The smallest absolute Gasteiger partial charge is 0.0317 e. The summed E-state index contributed by atoms with van der Waals surface area (Å²) < 4.78 is 0. The number of thiol groups is 1. The number of anilines is 1. The highest BCUT2D eigenvalue weighted by molar-refractivity contribution is 7.80. The predicted octanol–water partition coefficient (Wildman–Crippen LogP) is 6.14. The summed E-state index contributed by atoms with van der Waals surface area (Å²) in [6.45, 7) is 8.45. The van der Waals surface area contributed by atoms with E-state index in [0.717, 1.165) is 16.1 Å². The largest absolute Gasteiger partial charge is 0.399 e. The topological polar surface area (TPSA) is 26.0 Å². The van der Waals surface area contributed by atoms with Crippen molar-refractivity contribution in [2.75, 3.05) is 5.73 Å². The molecule has 0 heterocycles. The SMILES string of the molecule is Cc1cc(N)ccc1-c1ccccc1S.Cc1ccc(C)c(C)c1. The number of nitrogen functional groups attached to an aromatic ring is 1. The molecular weight excluding hydrogens is 310 g/mol. The van der Waals surface area contributed by atoms with E-state index in [4.69, 9.17) is 5.73 Å². The molecule has 3 aromatic rings. The lowest BCUT2D eigenvalue weighted by Gasteiger charge is -2.09. The highest BCUT2D eigenvalue weighted by atomic mass is 32.1. The quantitative estimate of drug-likeness (QED) is 0.405. The van der Waals surface area contributed by atoms with Crippen LogP contribution in [0.5, 0.6) is 0 Å². The van der Waals surface area contributed by atoms with E-state index in [-0.39, 0.29) is 0 Å². The van der Waals surface area contributed by atoms with Gasteiger partial charge in [0.1, 0.15) is 0 Å². The van der Waals surface area contributed by atoms with Gasteiger partial charge in [-0.25, -0.2) is 0 Å². The molecule has 2 heteroatoms. The third kappa shape index (κ3) is 4.65. The maximum absolute atomic E-state index is 5.72. The average molecular weight is 336 g/mol. The summed E-state index contributed by atoms with van der Waals surface area (Å²) in [4.78, 5) is 0.991. The van der Waals surface area contributed by atoms with Crippen molar-refractivity contribution in [3.63, 3.8) is 0 Å². The van der Waals surface area contributed by atoms with Gasteiger partial charge in [0.15, 0.2) is 0 Å². The summed E-state index contributed by atoms with van der Waals surface area (Å²) in [5.74, 6) is 0. The molecule has 0 bridgehead atoms. The van der Waals surface area contributed by atoms with Crippen molar-refractivity contribution in [3.8, 4) is 11.1 Å². The molecular formula is C22H25NS. The van der Waals surface area contributed by atoms with Gasteiger partial charge in [-0.2, -0.15) is 0 Å². The Morgan fingerprint density at radius 2 is 1.38 bits per heavy atom. The van der Waals surface area contributed by atoms with Gasteiger partial charge in [-0.15, -0.1) is 12.6 Å². The number of benzene rings is 3. The van der Waals surface area contributed by atoms with Crippen molar-refractivity contribution < 1.29 is 0 Å². The van der Waals surface area contributed by atoms with Crippen LogP contribution < -0.4 is 5.73 Å². The minimum absolute atomic E-state index is 0.799. The van der Waals surface area contributed by atoms with Crippen molar-refractivity contribution in [3.05, 3.63) is 82.9 Å². The van der Waals surface area contributed by atoms with Crippen LogP contribution in [0.1, 0.15) is 22.3 Å². The van der Waals surface area contributed by atoms with Crippen molar-refractivity contribution in [2.45, 2.75) is 32.6 Å². The van der Waals surface area contributed by atoms with Gasteiger partial charge in [0.2, 0.25) is 0 Å². The Balaban J connectivity index is 0.000000198. The molecule has 0 spiro atoms. The van der Waals surface area contributed by atoms with Crippen LogP contribution >= 0.6 is 12.6 Å². The molecule has 2 N–H and O–H groups in total. The molecule has 0 fully saturated rings. The zero-order valence-electron chi connectivity index (χ0n) is 14.8. The third-order valence-electron chi connectivity index (χ3n) is 4.11. The summed E-state index contributed by atoms with van der Waals surface area (Å²) in [6.07, 6.45) is 0. The molecule has 1 nitrogen and oxygen atoms in total. The van der Waals surface area contributed by atoms with Gasteiger partial charge in [-0.05, 0) is 73.7 Å². The Morgan fingerprint density at radius 3 is 1.96 bits per heavy atom. The van der Waals surface area contributed by atoms with Gasteiger partial charge in [-0.1, -0.05) is 48.0 Å². The first-order valence-electron chi connectivity index (χ1n) is 8.07. The van der Waals surface area contributed by atoms with E-state index in [1.165, 1.54) is 27.8 Å².